The number of hydrogen-bond acceptors (Lipinski definition) is 3. The van der Waals surface area contributed by atoms with Crippen molar-refractivity contribution in [3.63, 3.8) is 0 Å². The third-order valence-electron chi connectivity index (χ3n) is 3.91. The summed E-state index contributed by atoms with van der Waals surface area (Å²) in [6.07, 6.45) is 5.54. The number of hydrogen-bond donors (Lipinski definition) is 2. The maximum Gasteiger partial charge on any atom is 0.315 e. The molecule has 2 amide bonds. The average molecular weight is 304 g/mol. The lowest BCUT2D eigenvalue weighted by Gasteiger charge is -2.19. The Morgan fingerprint density at radius 2 is 1.95 bits per heavy atom. The van der Waals surface area contributed by atoms with Gasteiger partial charge < -0.3 is 10.6 Å². The molecule has 5 nitrogen and oxygen atoms in total. The van der Waals surface area contributed by atoms with Gasteiger partial charge in [0.1, 0.15) is 0 Å². The molecule has 0 unspecified atom stereocenters. The maximum absolute atomic E-state index is 11.9. The van der Waals surface area contributed by atoms with Crippen molar-refractivity contribution >= 4 is 15.9 Å². The SMILES string of the molecule is CCS(=O)(=O)C[C@H](C)NC(=O)N[C@H]1CCC[C@H](C)CC1. The fraction of sp³-hybridized carbons (Fsp3) is 0.929. The van der Waals surface area contributed by atoms with Crippen molar-refractivity contribution in [2.45, 2.75) is 65.0 Å². The summed E-state index contributed by atoms with van der Waals surface area (Å²) in [4.78, 5) is 11.9. The standard InChI is InChI=1S/C14H28N2O3S/c1-4-20(18,19)10-12(3)15-14(17)16-13-7-5-6-11(2)8-9-13/h11-13H,4-10H2,1-3H3,(H2,15,16,17)/t11-,12-,13-/m0/s1. The predicted octanol–water partition coefficient (Wildman–Crippen LogP) is 2.08. The average Bonchev–Trinajstić information content (AvgIpc) is 2.53. The van der Waals surface area contributed by atoms with E-state index < -0.39 is 9.84 Å². The molecule has 0 heterocycles. The van der Waals surface area contributed by atoms with Gasteiger partial charge in [0.15, 0.2) is 9.84 Å². The molecule has 2 N–H and O–H groups in total. The number of carbonyl (C=O) groups is 1. The number of urea groups is 1. The van der Waals surface area contributed by atoms with Crippen molar-refractivity contribution in [1.29, 1.82) is 0 Å². The van der Waals surface area contributed by atoms with Crippen LogP contribution in [0.3, 0.4) is 0 Å². The molecule has 20 heavy (non-hydrogen) atoms. The van der Waals surface area contributed by atoms with E-state index >= 15 is 0 Å². The molecule has 0 saturated heterocycles. The van der Waals surface area contributed by atoms with E-state index in [0.717, 1.165) is 31.6 Å². The summed E-state index contributed by atoms with van der Waals surface area (Å²) in [5, 5.41) is 5.69. The second-order valence-corrected chi connectivity index (χ2v) is 8.43. The van der Waals surface area contributed by atoms with E-state index in [1.54, 1.807) is 13.8 Å². The van der Waals surface area contributed by atoms with Gasteiger partial charge in [0.05, 0.1) is 5.75 Å². The highest BCUT2D eigenvalue weighted by Crippen LogP contribution is 2.22. The number of rotatable bonds is 5. The van der Waals surface area contributed by atoms with E-state index in [2.05, 4.69) is 17.6 Å². The van der Waals surface area contributed by atoms with Gasteiger partial charge >= 0.3 is 6.03 Å². The van der Waals surface area contributed by atoms with Crippen LogP contribution < -0.4 is 10.6 Å². The first-order valence-corrected chi connectivity index (χ1v) is 9.42. The van der Waals surface area contributed by atoms with Crippen molar-refractivity contribution < 1.29 is 13.2 Å². The van der Waals surface area contributed by atoms with Crippen LogP contribution in [0, 0.1) is 5.92 Å². The minimum Gasteiger partial charge on any atom is -0.335 e. The fourth-order valence-corrected chi connectivity index (χ4v) is 3.70. The van der Waals surface area contributed by atoms with E-state index in [1.165, 1.54) is 6.42 Å². The molecule has 1 rings (SSSR count). The third-order valence-corrected chi connectivity index (χ3v) is 5.80. The Morgan fingerprint density at radius 3 is 2.60 bits per heavy atom. The number of nitrogens with one attached hydrogen (secondary N) is 2. The topological polar surface area (TPSA) is 75.3 Å². The van der Waals surface area contributed by atoms with Crippen LogP contribution in [-0.2, 0) is 9.84 Å². The molecular formula is C14H28N2O3S. The van der Waals surface area contributed by atoms with Crippen LogP contribution in [0.1, 0.15) is 52.9 Å². The smallest absolute Gasteiger partial charge is 0.315 e. The van der Waals surface area contributed by atoms with Crippen molar-refractivity contribution in [1.82, 2.24) is 10.6 Å². The molecule has 0 aromatic carbocycles. The molecule has 0 aromatic heterocycles. The van der Waals surface area contributed by atoms with Crippen molar-refractivity contribution in [3.8, 4) is 0 Å². The fourth-order valence-electron chi connectivity index (χ4n) is 2.62. The van der Waals surface area contributed by atoms with E-state index in [9.17, 15) is 13.2 Å². The molecule has 0 aromatic rings. The number of amides is 2. The van der Waals surface area contributed by atoms with Crippen LogP contribution in [0.25, 0.3) is 0 Å². The Bertz CT molecular complexity index is 409. The first-order chi connectivity index (χ1) is 9.32. The summed E-state index contributed by atoms with van der Waals surface area (Å²) in [6.45, 7) is 5.59. The van der Waals surface area contributed by atoms with Crippen LogP contribution >= 0.6 is 0 Å². The second kappa shape index (κ2) is 7.86. The normalized spacial score (nSPS) is 25.6. The van der Waals surface area contributed by atoms with Gasteiger partial charge in [0.25, 0.3) is 0 Å². The molecule has 118 valence electrons. The van der Waals surface area contributed by atoms with Gasteiger partial charge in [-0.1, -0.05) is 26.7 Å². The Kier molecular flexibility index (Phi) is 6.79. The van der Waals surface area contributed by atoms with Crippen molar-refractivity contribution in [2.24, 2.45) is 5.92 Å². The molecule has 6 heteroatoms. The number of sulfone groups is 1. The van der Waals surface area contributed by atoms with Crippen LogP contribution in [0.4, 0.5) is 4.79 Å². The molecule has 0 spiro atoms. The molecule has 1 aliphatic rings. The first kappa shape index (κ1) is 17.3. The monoisotopic (exact) mass is 304 g/mol. The lowest BCUT2D eigenvalue weighted by molar-refractivity contribution is 0.233. The highest BCUT2D eigenvalue weighted by Gasteiger charge is 2.20. The largest absolute Gasteiger partial charge is 0.335 e. The lowest BCUT2D eigenvalue weighted by atomic mass is 10.0. The zero-order valence-electron chi connectivity index (χ0n) is 12.8. The minimum absolute atomic E-state index is 0.00137. The van der Waals surface area contributed by atoms with Crippen LogP contribution in [0.2, 0.25) is 0 Å². The molecule has 0 radical (unpaired) electrons. The van der Waals surface area contributed by atoms with Gasteiger partial charge in [-0.15, -0.1) is 0 Å². The van der Waals surface area contributed by atoms with Crippen molar-refractivity contribution in [2.75, 3.05) is 11.5 Å². The molecule has 0 bridgehead atoms. The lowest BCUT2D eigenvalue weighted by Crippen LogP contribution is -2.47. The van der Waals surface area contributed by atoms with Crippen molar-refractivity contribution in [3.05, 3.63) is 0 Å². The van der Waals surface area contributed by atoms with Gasteiger partial charge in [-0.05, 0) is 32.1 Å². The molecule has 0 aliphatic heterocycles. The molecular weight excluding hydrogens is 276 g/mol. The van der Waals surface area contributed by atoms with Gasteiger partial charge in [-0.3, -0.25) is 0 Å². The molecule has 1 saturated carbocycles. The van der Waals surface area contributed by atoms with E-state index in [0.29, 0.717) is 0 Å². The second-order valence-electron chi connectivity index (χ2n) is 6.03. The van der Waals surface area contributed by atoms with Gasteiger partial charge in [0, 0.05) is 17.8 Å². The van der Waals surface area contributed by atoms with Gasteiger partial charge in [0.2, 0.25) is 0 Å². The minimum atomic E-state index is -3.05. The third kappa shape index (κ3) is 6.59. The summed E-state index contributed by atoms with van der Waals surface area (Å²) in [5.74, 6) is 0.846. The number of carbonyl (C=O) groups excluding carboxylic acids is 1. The van der Waals surface area contributed by atoms with E-state index in [4.69, 9.17) is 0 Å². The van der Waals surface area contributed by atoms with E-state index in [1.807, 2.05) is 0 Å². The maximum atomic E-state index is 11.9. The summed E-state index contributed by atoms with van der Waals surface area (Å²) in [6, 6.07) is -0.386. The first-order valence-electron chi connectivity index (χ1n) is 7.60. The Labute approximate surface area is 122 Å². The zero-order valence-corrected chi connectivity index (χ0v) is 13.6. The summed E-state index contributed by atoms with van der Waals surface area (Å²) < 4.78 is 23.0. The summed E-state index contributed by atoms with van der Waals surface area (Å²) >= 11 is 0. The quantitative estimate of drug-likeness (QED) is 0.764. The molecule has 3 atom stereocenters. The van der Waals surface area contributed by atoms with Crippen LogP contribution in [0.5, 0.6) is 0 Å². The van der Waals surface area contributed by atoms with E-state index in [-0.39, 0.29) is 29.6 Å². The zero-order chi connectivity index (χ0) is 15.2. The highest BCUT2D eigenvalue weighted by atomic mass is 32.2. The molecule has 1 fully saturated rings. The Morgan fingerprint density at radius 1 is 1.25 bits per heavy atom. The van der Waals surface area contributed by atoms with Gasteiger partial charge in [-0.2, -0.15) is 0 Å². The molecule has 1 aliphatic carbocycles. The van der Waals surface area contributed by atoms with Crippen LogP contribution in [-0.4, -0.2) is 38.0 Å². The predicted molar refractivity (Wildman–Crippen MR) is 81.5 cm³/mol. The Hall–Kier alpha value is -0.780. The summed E-state index contributed by atoms with van der Waals surface area (Å²) in [7, 11) is -3.05. The van der Waals surface area contributed by atoms with Crippen LogP contribution in [0.15, 0.2) is 0 Å². The Balaban J connectivity index is 2.35. The highest BCUT2D eigenvalue weighted by molar-refractivity contribution is 7.91. The summed E-state index contributed by atoms with van der Waals surface area (Å²) in [5.41, 5.74) is 0. The van der Waals surface area contributed by atoms with Gasteiger partial charge in [-0.25, -0.2) is 13.2 Å².